The van der Waals surface area contributed by atoms with Crippen LogP contribution in [0.2, 0.25) is 0 Å². The van der Waals surface area contributed by atoms with Crippen molar-refractivity contribution in [3.63, 3.8) is 0 Å². The van der Waals surface area contributed by atoms with Crippen LogP contribution in [0.4, 0.5) is 5.69 Å². The lowest BCUT2D eigenvalue weighted by Gasteiger charge is -2.26. The average molecular weight is 384 g/mol. The minimum atomic E-state index is 0.739. The number of oxime groups is 1. The van der Waals surface area contributed by atoms with Gasteiger partial charge in [0, 0.05) is 30.9 Å². The summed E-state index contributed by atoms with van der Waals surface area (Å²) in [6, 6.07) is 7.96. The van der Waals surface area contributed by atoms with Gasteiger partial charge >= 0.3 is 0 Å². The molecule has 0 saturated heterocycles. The summed E-state index contributed by atoms with van der Waals surface area (Å²) < 4.78 is 1.89. The Bertz CT molecular complexity index is 971. The van der Waals surface area contributed by atoms with E-state index in [2.05, 4.69) is 23.0 Å². The van der Waals surface area contributed by atoms with Crippen molar-refractivity contribution < 1.29 is 4.84 Å². The average Bonchev–Trinajstić information content (AvgIpc) is 3.06. The highest BCUT2D eigenvalue weighted by Gasteiger charge is 2.24. The topological polar surface area (TPSA) is 63.5 Å². The lowest BCUT2D eigenvalue weighted by Crippen LogP contribution is -2.26. The van der Waals surface area contributed by atoms with Gasteiger partial charge in [-0.15, -0.1) is 11.3 Å². The zero-order chi connectivity index (χ0) is 18.1. The van der Waals surface area contributed by atoms with Crippen LogP contribution in [0.3, 0.4) is 0 Å². The van der Waals surface area contributed by atoms with Crippen LogP contribution >= 0.6 is 24.2 Å². The van der Waals surface area contributed by atoms with Crippen molar-refractivity contribution in [3.05, 3.63) is 48.0 Å². The first-order valence-corrected chi connectivity index (χ1v) is 9.35. The fraction of sp³-hybridized carbons (Fsp3) is 0.222. The number of rotatable bonds is 3. The molecule has 132 valence electrons. The predicted octanol–water partition coefficient (Wildman–Crippen LogP) is 3.98. The molecule has 0 saturated carbocycles. The Kier molecular flexibility index (Phi) is 4.60. The number of anilines is 1. The van der Waals surface area contributed by atoms with Crippen molar-refractivity contribution in [2.24, 2.45) is 5.16 Å². The highest BCUT2D eigenvalue weighted by atomic mass is 32.1. The normalized spacial score (nSPS) is 15.2. The van der Waals surface area contributed by atoms with Crippen molar-refractivity contribution in [2.45, 2.75) is 13.3 Å². The molecule has 4 heterocycles. The molecule has 0 fully saturated rings. The van der Waals surface area contributed by atoms with E-state index in [1.54, 1.807) is 24.6 Å². The molecule has 3 aromatic heterocycles. The van der Waals surface area contributed by atoms with Gasteiger partial charge in [-0.2, -0.15) is 0 Å². The number of nitrogens with zero attached hydrogens (tertiary/aromatic N) is 5. The van der Waals surface area contributed by atoms with E-state index in [4.69, 9.17) is 14.8 Å². The van der Waals surface area contributed by atoms with Crippen LogP contribution in [0.25, 0.3) is 21.1 Å². The van der Waals surface area contributed by atoms with Gasteiger partial charge < -0.3 is 9.14 Å². The number of fused-ring (bicyclic) bond motifs is 1. The van der Waals surface area contributed by atoms with Crippen LogP contribution in [0, 0.1) is 6.92 Å². The van der Waals surface area contributed by atoms with Crippen molar-refractivity contribution in [1.29, 1.82) is 0 Å². The first-order chi connectivity index (χ1) is 12.7. The Morgan fingerprint density at radius 2 is 2.15 bits per heavy atom. The zero-order valence-corrected chi connectivity index (χ0v) is 16.1. The van der Waals surface area contributed by atoms with E-state index in [0.29, 0.717) is 0 Å². The van der Waals surface area contributed by atoms with Crippen LogP contribution in [-0.4, -0.2) is 34.3 Å². The summed E-state index contributed by atoms with van der Waals surface area (Å²) in [6.45, 7) is 2.77. The second kappa shape index (κ2) is 7.05. The summed E-state index contributed by atoms with van der Waals surface area (Å²) in [5, 5.41) is 5.08. The molecule has 26 heavy (non-hydrogen) atoms. The van der Waals surface area contributed by atoms with Crippen LogP contribution in [0.1, 0.15) is 17.8 Å². The van der Waals surface area contributed by atoms with E-state index in [0.717, 1.165) is 56.9 Å². The van der Waals surface area contributed by atoms with Crippen molar-refractivity contribution in [3.8, 4) is 21.1 Å². The molecule has 0 unspecified atom stereocenters. The third-order valence-electron chi connectivity index (χ3n) is 4.12. The van der Waals surface area contributed by atoms with E-state index in [1.807, 2.05) is 41.7 Å². The Hall–Kier alpha value is -2.45. The SMILES string of the molecule is CO/N=C1\CCN(S)c2ccc(-c3sc(-c4cccnc4)nc3C)nc21. The molecule has 0 spiro atoms. The Balaban J connectivity index is 1.79. The molecule has 3 aromatic rings. The quantitative estimate of drug-likeness (QED) is 0.547. The van der Waals surface area contributed by atoms with E-state index < -0.39 is 0 Å². The number of thiol groups is 1. The molecule has 4 rings (SSSR count). The molecule has 0 radical (unpaired) electrons. The summed E-state index contributed by atoms with van der Waals surface area (Å²) in [5.74, 6) is 0. The molecule has 1 aliphatic rings. The molecule has 0 aliphatic carbocycles. The van der Waals surface area contributed by atoms with Gasteiger partial charge in [-0.05, 0) is 31.2 Å². The third-order valence-corrected chi connectivity index (χ3v) is 5.77. The third kappa shape index (κ3) is 3.06. The summed E-state index contributed by atoms with van der Waals surface area (Å²) in [4.78, 5) is 19.8. The lowest BCUT2D eigenvalue weighted by molar-refractivity contribution is 0.212. The number of pyridine rings is 2. The number of aryl methyl sites for hydroxylation is 1. The van der Waals surface area contributed by atoms with Gasteiger partial charge in [0.25, 0.3) is 0 Å². The first-order valence-electron chi connectivity index (χ1n) is 8.13. The van der Waals surface area contributed by atoms with Gasteiger partial charge in [-0.25, -0.2) is 9.97 Å². The maximum Gasteiger partial charge on any atom is 0.125 e. The second-order valence-electron chi connectivity index (χ2n) is 5.83. The van der Waals surface area contributed by atoms with Crippen molar-refractivity contribution in [2.75, 3.05) is 18.0 Å². The summed E-state index contributed by atoms with van der Waals surface area (Å²) >= 11 is 6.14. The van der Waals surface area contributed by atoms with Crippen LogP contribution in [-0.2, 0) is 4.84 Å². The number of thiazole rings is 1. The molecule has 6 nitrogen and oxygen atoms in total. The Labute approximate surface area is 161 Å². The maximum atomic E-state index is 4.99. The van der Waals surface area contributed by atoms with Gasteiger partial charge in [0.1, 0.15) is 23.5 Å². The van der Waals surface area contributed by atoms with Gasteiger partial charge in [-0.1, -0.05) is 18.0 Å². The highest BCUT2D eigenvalue weighted by Crippen LogP contribution is 2.36. The van der Waals surface area contributed by atoms with Crippen LogP contribution in [0.5, 0.6) is 0 Å². The van der Waals surface area contributed by atoms with E-state index in [1.165, 1.54) is 0 Å². The summed E-state index contributed by atoms with van der Waals surface area (Å²) in [6.07, 6.45) is 4.32. The zero-order valence-electron chi connectivity index (χ0n) is 14.4. The van der Waals surface area contributed by atoms with E-state index in [-0.39, 0.29) is 0 Å². The molecule has 0 amide bonds. The summed E-state index contributed by atoms with van der Waals surface area (Å²) in [7, 11) is 1.55. The van der Waals surface area contributed by atoms with E-state index >= 15 is 0 Å². The monoisotopic (exact) mass is 383 g/mol. The molecule has 0 aromatic carbocycles. The Morgan fingerprint density at radius 3 is 2.92 bits per heavy atom. The molecule has 0 atom stereocenters. The van der Waals surface area contributed by atoms with Gasteiger partial charge in [0.2, 0.25) is 0 Å². The molecule has 0 N–H and O–H groups in total. The first kappa shape index (κ1) is 17.0. The minimum Gasteiger partial charge on any atom is -0.399 e. The number of hydrogen-bond donors (Lipinski definition) is 1. The van der Waals surface area contributed by atoms with Gasteiger partial charge in [0.05, 0.1) is 22.0 Å². The lowest BCUT2D eigenvalue weighted by atomic mass is 10.1. The molecule has 8 heteroatoms. The maximum absolute atomic E-state index is 4.99. The van der Waals surface area contributed by atoms with Crippen molar-refractivity contribution >= 4 is 35.6 Å². The van der Waals surface area contributed by atoms with Crippen LogP contribution in [0.15, 0.2) is 41.8 Å². The molecular formula is C18H17N5OS2. The molecule has 1 aliphatic heterocycles. The number of aromatic nitrogens is 3. The van der Waals surface area contributed by atoms with E-state index in [9.17, 15) is 0 Å². The Morgan fingerprint density at radius 1 is 1.27 bits per heavy atom. The fourth-order valence-electron chi connectivity index (χ4n) is 2.90. The minimum absolute atomic E-state index is 0.739. The largest absolute Gasteiger partial charge is 0.399 e. The fourth-order valence-corrected chi connectivity index (χ4v) is 4.18. The van der Waals surface area contributed by atoms with Gasteiger partial charge in [-0.3, -0.25) is 4.98 Å². The molecular weight excluding hydrogens is 366 g/mol. The number of hydrogen-bond acceptors (Lipinski definition) is 8. The highest BCUT2D eigenvalue weighted by molar-refractivity contribution is 7.81. The molecule has 0 bridgehead atoms. The van der Waals surface area contributed by atoms with Gasteiger partial charge in [0.15, 0.2) is 0 Å². The second-order valence-corrected chi connectivity index (χ2v) is 7.32. The smallest absolute Gasteiger partial charge is 0.125 e. The van der Waals surface area contributed by atoms with Crippen molar-refractivity contribution in [1.82, 2.24) is 15.0 Å². The predicted molar refractivity (Wildman–Crippen MR) is 108 cm³/mol. The summed E-state index contributed by atoms with van der Waals surface area (Å²) in [5.41, 5.74) is 5.42. The standard InChI is InChI=1S/C18H17N5OS2/c1-11-17(26-18(20-11)12-4-3-8-19-10-12)14-5-6-15-16(21-14)13(22-24-2)7-9-23(15)25/h3-6,8,10,25H,7,9H2,1-2H3/b22-13+. The van der Waals surface area contributed by atoms with Crippen LogP contribution < -0.4 is 4.31 Å².